The molecule has 0 heterocycles. The molecular formula is C20H24N2O5. The fourth-order valence-electron chi connectivity index (χ4n) is 2.32. The molecule has 0 fully saturated rings. The van der Waals surface area contributed by atoms with Gasteiger partial charge >= 0.3 is 5.97 Å². The van der Waals surface area contributed by atoms with Crippen molar-refractivity contribution in [3.05, 3.63) is 53.6 Å². The second-order valence-corrected chi connectivity index (χ2v) is 5.41. The van der Waals surface area contributed by atoms with E-state index in [1.54, 1.807) is 32.4 Å². The van der Waals surface area contributed by atoms with Crippen LogP contribution in [0.4, 0.5) is 0 Å². The molecule has 0 saturated heterocycles. The van der Waals surface area contributed by atoms with Crippen molar-refractivity contribution in [3.8, 4) is 17.2 Å². The van der Waals surface area contributed by atoms with Gasteiger partial charge < -0.3 is 24.4 Å². The number of benzene rings is 2. The van der Waals surface area contributed by atoms with Gasteiger partial charge in [0, 0.05) is 5.56 Å². The van der Waals surface area contributed by atoms with Crippen LogP contribution in [0.2, 0.25) is 0 Å². The van der Waals surface area contributed by atoms with E-state index in [0.29, 0.717) is 24.7 Å². The lowest BCUT2D eigenvalue weighted by atomic mass is 10.2. The highest BCUT2D eigenvalue weighted by molar-refractivity contribution is 5.80. The Bertz CT molecular complexity index is 777. The zero-order valence-electron chi connectivity index (χ0n) is 15.7. The second-order valence-electron chi connectivity index (χ2n) is 5.41. The number of para-hydroxylation sites is 1. The second kappa shape index (κ2) is 10.7. The highest BCUT2D eigenvalue weighted by Crippen LogP contribution is 2.27. The molecule has 0 spiro atoms. The van der Waals surface area contributed by atoms with Crippen molar-refractivity contribution in [2.75, 3.05) is 27.4 Å². The monoisotopic (exact) mass is 372 g/mol. The molecule has 144 valence electrons. The molecule has 0 bridgehead atoms. The van der Waals surface area contributed by atoms with Crippen LogP contribution in [-0.4, -0.2) is 39.6 Å². The standard InChI is InChI=1S/C20H24N2O5/c1-4-26-20(23)14-27-18-10-9-15(11-19(18)25-3)12-21-22-13-16-7-5-6-8-17(16)24-2/h5-12,22H,4,13-14H2,1-3H3/b21-12-. The minimum atomic E-state index is -0.425. The topological polar surface area (TPSA) is 78.4 Å². The number of carbonyl (C=O) groups excluding carboxylic acids is 1. The number of hydrazone groups is 1. The predicted octanol–water partition coefficient (Wildman–Crippen LogP) is 2.77. The van der Waals surface area contributed by atoms with Gasteiger partial charge in [-0.1, -0.05) is 18.2 Å². The van der Waals surface area contributed by atoms with Crippen LogP contribution in [0.5, 0.6) is 17.2 Å². The third kappa shape index (κ3) is 6.22. The van der Waals surface area contributed by atoms with Crippen LogP contribution in [0.3, 0.4) is 0 Å². The number of hydrogen-bond donors (Lipinski definition) is 1. The number of hydrogen-bond acceptors (Lipinski definition) is 7. The average molecular weight is 372 g/mol. The first-order chi connectivity index (χ1) is 13.2. The number of methoxy groups -OCH3 is 2. The van der Waals surface area contributed by atoms with Gasteiger partial charge in [-0.3, -0.25) is 0 Å². The van der Waals surface area contributed by atoms with Crippen molar-refractivity contribution in [1.29, 1.82) is 0 Å². The molecule has 0 saturated carbocycles. The Balaban J connectivity index is 1.94. The van der Waals surface area contributed by atoms with E-state index in [-0.39, 0.29) is 6.61 Å². The summed E-state index contributed by atoms with van der Waals surface area (Å²) in [5, 5.41) is 4.21. The van der Waals surface area contributed by atoms with Gasteiger partial charge in [-0.15, -0.1) is 0 Å². The summed E-state index contributed by atoms with van der Waals surface area (Å²) in [5.41, 5.74) is 4.82. The molecule has 0 unspecified atom stereocenters. The maximum atomic E-state index is 11.4. The smallest absolute Gasteiger partial charge is 0.344 e. The molecule has 1 N–H and O–H groups in total. The van der Waals surface area contributed by atoms with E-state index in [1.807, 2.05) is 30.3 Å². The van der Waals surface area contributed by atoms with Gasteiger partial charge in [-0.25, -0.2) is 4.79 Å². The van der Waals surface area contributed by atoms with Crippen LogP contribution in [-0.2, 0) is 16.1 Å². The van der Waals surface area contributed by atoms with Crippen LogP contribution in [0.15, 0.2) is 47.6 Å². The lowest BCUT2D eigenvalue weighted by Gasteiger charge is -2.10. The lowest BCUT2D eigenvalue weighted by Crippen LogP contribution is -2.14. The maximum absolute atomic E-state index is 11.4. The van der Waals surface area contributed by atoms with E-state index in [4.69, 9.17) is 18.9 Å². The molecular weight excluding hydrogens is 348 g/mol. The Kier molecular flexibility index (Phi) is 7.96. The van der Waals surface area contributed by atoms with Crippen LogP contribution < -0.4 is 19.6 Å². The quantitative estimate of drug-likeness (QED) is 0.393. The van der Waals surface area contributed by atoms with Crippen LogP contribution in [0, 0.1) is 0 Å². The number of esters is 1. The van der Waals surface area contributed by atoms with Gasteiger partial charge in [0.15, 0.2) is 18.1 Å². The summed E-state index contributed by atoms with van der Waals surface area (Å²) in [6.45, 7) is 2.43. The van der Waals surface area contributed by atoms with Crippen molar-refractivity contribution in [2.24, 2.45) is 5.10 Å². The molecule has 0 aliphatic rings. The minimum Gasteiger partial charge on any atom is -0.496 e. The molecule has 7 heteroatoms. The van der Waals surface area contributed by atoms with E-state index in [1.165, 1.54) is 7.11 Å². The third-order valence-corrected chi connectivity index (χ3v) is 3.61. The van der Waals surface area contributed by atoms with E-state index < -0.39 is 5.97 Å². The van der Waals surface area contributed by atoms with Crippen LogP contribution >= 0.6 is 0 Å². The molecule has 0 aromatic heterocycles. The predicted molar refractivity (Wildman–Crippen MR) is 103 cm³/mol. The number of carbonyl (C=O) groups is 1. The minimum absolute atomic E-state index is 0.169. The molecule has 0 radical (unpaired) electrons. The van der Waals surface area contributed by atoms with Crippen molar-refractivity contribution in [3.63, 3.8) is 0 Å². The van der Waals surface area contributed by atoms with Crippen LogP contribution in [0.1, 0.15) is 18.1 Å². The summed E-state index contributed by atoms with van der Waals surface area (Å²) in [5.74, 6) is 1.35. The van der Waals surface area contributed by atoms with Crippen molar-refractivity contribution < 1.29 is 23.7 Å². The van der Waals surface area contributed by atoms with E-state index >= 15 is 0 Å². The Labute approximate surface area is 158 Å². The summed E-state index contributed by atoms with van der Waals surface area (Å²) in [4.78, 5) is 11.4. The summed E-state index contributed by atoms with van der Waals surface area (Å²) in [6.07, 6.45) is 1.67. The number of ether oxygens (including phenoxy) is 4. The molecule has 0 amide bonds. The summed E-state index contributed by atoms with van der Waals surface area (Å²) >= 11 is 0. The van der Waals surface area contributed by atoms with Gasteiger partial charge in [0.25, 0.3) is 0 Å². The normalized spacial score (nSPS) is 10.5. The Morgan fingerprint density at radius 2 is 1.85 bits per heavy atom. The van der Waals surface area contributed by atoms with Gasteiger partial charge in [0.1, 0.15) is 5.75 Å². The summed E-state index contributed by atoms with van der Waals surface area (Å²) < 4.78 is 20.9. The molecule has 0 aliphatic carbocycles. The van der Waals surface area contributed by atoms with E-state index in [9.17, 15) is 4.79 Å². The Morgan fingerprint density at radius 1 is 1.07 bits per heavy atom. The van der Waals surface area contributed by atoms with E-state index in [2.05, 4.69) is 10.5 Å². The number of nitrogens with one attached hydrogen (secondary N) is 1. The van der Waals surface area contributed by atoms with Gasteiger partial charge in [-0.05, 0) is 36.8 Å². The molecule has 7 nitrogen and oxygen atoms in total. The first-order valence-corrected chi connectivity index (χ1v) is 8.52. The van der Waals surface area contributed by atoms with Gasteiger partial charge in [-0.2, -0.15) is 5.10 Å². The van der Waals surface area contributed by atoms with Crippen LogP contribution in [0.25, 0.3) is 0 Å². The SMILES string of the molecule is CCOC(=O)COc1ccc(/C=N\NCc2ccccc2OC)cc1OC. The molecule has 2 rings (SSSR count). The zero-order chi connectivity index (χ0) is 19.5. The Morgan fingerprint density at radius 3 is 2.59 bits per heavy atom. The molecule has 2 aromatic rings. The Hall–Kier alpha value is -3.22. The van der Waals surface area contributed by atoms with Gasteiger partial charge in [0.2, 0.25) is 0 Å². The van der Waals surface area contributed by atoms with E-state index in [0.717, 1.165) is 16.9 Å². The largest absolute Gasteiger partial charge is 0.496 e. The van der Waals surface area contributed by atoms with Crippen molar-refractivity contribution in [2.45, 2.75) is 13.5 Å². The molecule has 2 aromatic carbocycles. The molecule has 0 aliphatic heterocycles. The third-order valence-electron chi connectivity index (χ3n) is 3.61. The number of nitrogens with zero attached hydrogens (tertiary/aromatic N) is 1. The summed E-state index contributed by atoms with van der Waals surface area (Å²) in [7, 11) is 3.17. The first-order valence-electron chi connectivity index (χ1n) is 8.52. The number of rotatable bonds is 10. The van der Waals surface area contributed by atoms with Gasteiger partial charge in [0.05, 0.1) is 33.6 Å². The first kappa shape index (κ1) is 20.1. The molecule has 27 heavy (non-hydrogen) atoms. The van der Waals surface area contributed by atoms with Crippen molar-refractivity contribution >= 4 is 12.2 Å². The highest BCUT2D eigenvalue weighted by Gasteiger charge is 2.08. The average Bonchev–Trinajstić information content (AvgIpc) is 2.70. The fourth-order valence-corrected chi connectivity index (χ4v) is 2.32. The lowest BCUT2D eigenvalue weighted by molar-refractivity contribution is -0.145. The fraction of sp³-hybridized carbons (Fsp3) is 0.300. The molecule has 0 atom stereocenters. The summed E-state index contributed by atoms with van der Waals surface area (Å²) in [6, 6.07) is 13.1. The maximum Gasteiger partial charge on any atom is 0.344 e. The highest BCUT2D eigenvalue weighted by atomic mass is 16.6. The zero-order valence-corrected chi connectivity index (χ0v) is 15.7. The van der Waals surface area contributed by atoms with Crippen molar-refractivity contribution in [1.82, 2.24) is 5.43 Å².